The van der Waals surface area contributed by atoms with Crippen molar-refractivity contribution in [1.29, 1.82) is 0 Å². The van der Waals surface area contributed by atoms with Crippen molar-refractivity contribution in [1.82, 2.24) is 19.9 Å². The Kier molecular flexibility index (Phi) is 4.90. The highest BCUT2D eigenvalue weighted by Gasteiger charge is 2.34. The Morgan fingerprint density at radius 3 is 2.11 bits per heavy atom. The molecular formula is C28H28N4O2S. The van der Waals surface area contributed by atoms with Crippen LogP contribution < -0.4 is 0 Å². The summed E-state index contributed by atoms with van der Waals surface area (Å²) in [5, 5.41) is 0. The minimum Gasteiger partial charge on any atom is -0.355 e. The van der Waals surface area contributed by atoms with Crippen LogP contribution in [0.4, 0.5) is 0 Å². The van der Waals surface area contributed by atoms with Crippen molar-refractivity contribution in [2.45, 2.75) is 40.5 Å². The number of rotatable bonds is 2. The minimum atomic E-state index is -3.19. The largest absolute Gasteiger partial charge is 0.355 e. The number of fused-ring (bicyclic) bond motifs is 10. The van der Waals surface area contributed by atoms with Gasteiger partial charge in [-0.05, 0) is 96.5 Å². The van der Waals surface area contributed by atoms with Gasteiger partial charge in [0.15, 0.2) is 9.84 Å². The third-order valence-corrected chi connectivity index (χ3v) is 8.83. The monoisotopic (exact) mass is 484 g/mol. The highest BCUT2D eigenvalue weighted by molar-refractivity contribution is 7.92. The summed E-state index contributed by atoms with van der Waals surface area (Å²) in [5.74, 6) is 0.0662. The fraction of sp³-hybridized carbons (Fsp3) is 0.286. The molecule has 0 atom stereocenters. The van der Waals surface area contributed by atoms with Crippen LogP contribution in [0, 0.1) is 6.92 Å². The summed E-state index contributed by atoms with van der Waals surface area (Å²) >= 11 is 0. The summed E-state index contributed by atoms with van der Waals surface area (Å²) in [5.41, 5.74) is 13.6. The highest BCUT2D eigenvalue weighted by Crippen LogP contribution is 2.39. The van der Waals surface area contributed by atoms with E-state index in [1.807, 2.05) is 12.1 Å². The van der Waals surface area contributed by atoms with Gasteiger partial charge in [0.2, 0.25) is 0 Å². The van der Waals surface area contributed by atoms with Gasteiger partial charge < -0.3 is 9.97 Å². The Bertz CT molecular complexity index is 1750. The summed E-state index contributed by atoms with van der Waals surface area (Å²) in [7, 11) is -3.19. The third kappa shape index (κ3) is 3.57. The van der Waals surface area contributed by atoms with Crippen molar-refractivity contribution in [2.24, 2.45) is 0 Å². The van der Waals surface area contributed by atoms with Crippen LogP contribution in [0.5, 0.6) is 0 Å². The predicted molar refractivity (Wildman–Crippen MR) is 143 cm³/mol. The van der Waals surface area contributed by atoms with Crippen molar-refractivity contribution in [2.75, 3.05) is 11.5 Å². The second kappa shape index (κ2) is 7.78. The van der Waals surface area contributed by atoms with Gasteiger partial charge in [0.05, 0.1) is 34.3 Å². The minimum absolute atomic E-state index is 0.0313. The predicted octanol–water partition coefficient (Wildman–Crippen LogP) is 5.87. The van der Waals surface area contributed by atoms with Gasteiger partial charge in [0.25, 0.3) is 0 Å². The van der Waals surface area contributed by atoms with E-state index in [-0.39, 0.29) is 11.5 Å². The molecule has 0 saturated carbocycles. The fourth-order valence-corrected chi connectivity index (χ4v) is 7.15. The van der Waals surface area contributed by atoms with Crippen molar-refractivity contribution in [3.8, 4) is 0 Å². The molecule has 0 radical (unpaired) electrons. The normalized spacial score (nSPS) is 16.8. The molecule has 3 aromatic heterocycles. The molecule has 3 aliphatic rings. The second-order valence-corrected chi connectivity index (χ2v) is 11.6. The lowest BCUT2D eigenvalue weighted by Crippen LogP contribution is -2.05. The van der Waals surface area contributed by atoms with E-state index in [0.29, 0.717) is 5.69 Å². The molecule has 3 aromatic rings. The second-order valence-electron chi connectivity index (χ2n) is 9.57. The number of nitrogens with one attached hydrogen (secondary N) is 2. The van der Waals surface area contributed by atoms with Crippen LogP contribution in [0.15, 0.2) is 36.4 Å². The van der Waals surface area contributed by atoms with Gasteiger partial charge in [0, 0.05) is 22.1 Å². The Hall–Kier alpha value is -3.45. The number of aryl methyl sites for hydroxylation is 2. The molecule has 0 fully saturated rings. The van der Waals surface area contributed by atoms with E-state index in [1.165, 1.54) is 16.7 Å². The molecule has 0 amide bonds. The molecule has 0 saturated heterocycles. The van der Waals surface area contributed by atoms with Crippen LogP contribution in [0.1, 0.15) is 61.1 Å². The van der Waals surface area contributed by atoms with Crippen LogP contribution in [0.2, 0.25) is 0 Å². The van der Waals surface area contributed by atoms with Crippen molar-refractivity contribution in [3.63, 3.8) is 0 Å². The maximum atomic E-state index is 12.6. The number of aromatic amines is 2. The number of allylic oxidation sites excluding steroid dienone is 2. The van der Waals surface area contributed by atoms with E-state index in [2.05, 4.69) is 61.9 Å². The Balaban J connectivity index is 1.76. The SMILES string of the molecule is CCC1=C(C)c2cc3ccc(cc4[nH]c(cc5nc(cc1n2)C1=C5CS(=O)(=O)C1)c(CC)c4C)[nH]3. The first kappa shape index (κ1) is 22.0. The van der Waals surface area contributed by atoms with Crippen molar-refractivity contribution in [3.05, 3.63) is 70.3 Å². The molecule has 8 bridgehead atoms. The number of nitrogens with zero attached hydrogens (tertiary/aromatic N) is 2. The van der Waals surface area contributed by atoms with Crippen molar-refractivity contribution < 1.29 is 8.42 Å². The molecule has 7 heteroatoms. The first-order chi connectivity index (χ1) is 16.8. The molecule has 0 unspecified atom stereocenters. The first-order valence-corrected chi connectivity index (χ1v) is 13.9. The lowest BCUT2D eigenvalue weighted by molar-refractivity contribution is 0.603. The van der Waals surface area contributed by atoms with Gasteiger partial charge in [-0.15, -0.1) is 0 Å². The van der Waals surface area contributed by atoms with Gasteiger partial charge in [-0.2, -0.15) is 0 Å². The molecule has 3 aliphatic heterocycles. The highest BCUT2D eigenvalue weighted by atomic mass is 32.2. The van der Waals surface area contributed by atoms with Crippen LogP contribution in [0.3, 0.4) is 0 Å². The van der Waals surface area contributed by atoms with Gasteiger partial charge >= 0.3 is 0 Å². The summed E-state index contributed by atoms with van der Waals surface area (Å²) in [6.07, 6.45) is 1.71. The number of aromatic nitrogens is 4. The van der Waals surface area contributed by atoms with Crippen molar-refractivity contribution >= 4 is 54.2 Å². The Morgan fingerprint density at radius 1 is 0.771 bits per heavy atom. The lowest BCUT2D eigenvalue weighted by atomic mass is 10.0. The molecule has 178 valence electrons. The zero-order valence-electron chi connectivity index (χ0n) is 20.4. The summed E-state index contributed by atoms with van der Waals surface area (Å²) in [6.45, 7) is 8.49. The van der Waals surface area contributed by atoms with E-state index < -0.39 is 9.84 Å². The zero-order valence-corrected chi connectivity index (χ0v) is 21.2. The number of hydrogen-bond donors (Lipinski definition) is 2. The topological polar surface area (TPSA) is 91.5 Å². The summed E-state index contributed by atoms with van der Waals surface area (Å²) in [4.78, 5) is 17.0. The third-order valence-electron chi connectivity index (χ3n) is 7.37. The van der Waals surface area contributed by atoms with E-state index in [1.54, 1.807) is 0 Å². The summed E-state index contributed by atoms with van der Waals surface area (Å²) < 4.78 is 25.3. The zero-order chi connectivity index (χ0) is 24.5. The molecule has 0 spiro atoms. The summed E-state index contributed by atoms with van der Waals surface area (Å²) in [6, 6.07) is 12.3. The Labute approximate surface area is 204 Å². The quantitative estimate of drug-likeness (QED) is 0.476. The average molecular weight is 485 g/mol. The molecule has 0 aromatic carbocycles. The molecular weight excluding hydrogens is 456 g/mol. The maximum Gasteiger partial charge on any atom is 0.158 e. The van der Waals surface area contributed by atoms with E-state index >= 15 is 0 Å². The average Bonchev–Trinajstić information content (AvgIpc) is 3.57. The molecule has 0 aliphatic carbocycles. The van der Waals surface area contributed by atoms with Gasteiger partial charge in [0.1, 0.15) is 0 Å². The molecule has 6 rings (SSSR count). The fourth-order valence-electron chi connectivity index (χ4n) is 5.53. The molecule has 2 N–H and O–H groups in total. The molecule has 6 heterocycles. The van der Waals surface area contributed by atoms with Gasteiger partial charge in [-0.25, -0.2) is 18.4 Å². The molecule has 6 nitrogen and oxygen atoms in total. The number of hydrogen-bond acceptors (Lipinski definition) is 4. The van der Waals surface area contributed by atoms with Gasteiger partial charge in [-0.3, -0.25) is 0 Å². The number of sulfone groups is 1. The Morgan fingerprint density at radius 2 is 1.43 bits per heavy atom. The standard InChI is InChI=1S/C28H28N4O2S/c1-5-19-15(3)23-9-17-7-8-18(29-17)10-24-16(4)20(6-2)26(31-24)12-28-22-14-35(33,34)13-21(22)27(32-28)11-25(19)30-23/h7-12,29-30H,5-6,13-14H2,1-4H3. The van der Waals surface area contributed by atoms with E-state index in [4.69, 9.17) is 9.97 Å². The van der Waals surface area contributed by atoms with Crippen LogP contribution >= 0.6 is 0 Å². The maximum absolute atomic E-state index is 12.6. The smallest absolute Gasteiger partial charge is 0.158 e. The first-order valence-electron chi connectivity index (χ1n) is 12.1. The van der Waals surface area contributed by atoms with Crippen LogP contribution in [-0.4, -0.2) is 39.9 Å². The lowest BCUT2D eigenvalue weighted by Gasteiger charge is -2.01. The van der Waals surface area contributed by atoms with E-state index in [9.17, 15) is 8.42 Å². The number of H-pyrrole nitrogens is 2. The van der Waals surface area contributed by atoms with E-state index in [0.717, 1.165) is 68.7 Å². The van der Waals surface area contributed by atoms with Crippen LogP contribution in [-0.2, 0) is 16.3 Å². The molecule has 35 heavy (non-hydrogen) atoms. The van der Waals surface area contributed by atoms with Gasteiger partial charge in [-0.1, -0.05) is 13.8 Å². The van der Waals surface area contributed by atoms with Crippen LogP contribution in [0.25, 0.3) is 44.4 Å².